The number of ether oxygens (including phenoxy) is 6. The first-order chi connectivity index (χ1) is 14.3. The van der Waals surface area contributed by atoms with E-state index in [-0.39, 0.29) is 52.9 Å². The Bertz CT molecular complexity index is 480. The van der Waals surface area contributed by atoms with Crippen LogP contribution in [0.25, 0.3) is 0 Å². The molecule has 0 spiro atoms. The Balaban J connectivity index is 2.77. The van der Waals surface area contributed by atoms with Gasteiger partial charge in [-0.15, -0.1) is 0 Å². The number of hydrogen-bond acceptors (Lipinski definition) is 12. The van der Waals surface area contributed by atoms with Gasteiger partial charge >= 0.3 is 11.9 Å². The first kappa shape index (κ1) is 25.7. The van der Waals surface area contributed by atoms with Gasteiger partial charge in [0.1, 0.15) is 12.2 Å². The molecule has 2 N–H and O–H groups in total. The lowest BCUT2D eigenvalue weighted by atomic mass is 10.2. The smallest absolute Gasteiger partial charge is 0.335 e. The standard InChI is InChI=1S/C16H24O14/c17-13(18)9-10(14(19)20)29-7-3-26-4-8-30-12(16(23)24)11(15(21)22)28-6-2-25-1-5-27-9/h9-12H,1-8H2,(H,17,18)(H,19,20)(H,21,22)(H,23,24)/p-2. The van der Waals surface area contributed by atoms with Crippen molar-refractivity contribution in [1.82, 2.24) is 0 Å². The summed E-state index contributed by atoms with van der Waals surface area (Å²) in [5.74, 6) is -6.78. The van der Waals surface area contributed by atoms with Crippen LogP contribution in [0.2, 0.25) is 0 Å². The van der Waals surface area contributed by atoms with E-state index in [1.807, 2.05) is 0 Å². The molecule has 4 unspecified atom stereocenters. The van der Waals surface area contributed by atoms with E-state index in [1.54, 1.807) is 0 Å². The molecule has 0 aromatic heterocycles. The number of carbonyl (C=O) groups excluding carboxylic acids is 2. The first-order valence-corrected chi connectivity index (χ1v) is 8.75. The van der Waals surface area contributed by atoms with Crippen molar-refractivity contribution in [2.24, 2.45) is 0 Å². The fourth-order valence-electron chi connectivity index (χ4n) is 2.27. The van der Waals surface area contributed by atoms with Crippen LogP contribution in [0, 0.1) is 0 Å². The quantitative estimate of drug-likeness (QED) is 0.422. The van der Waals surface area contributed by atoms with Gasteiger partial charge in [0, 0.05) is 0 Å². The lowest BCUT2D eigenvalue weighted by Crippen LogP contribution is -2.51. The van der Waals surface area contributed by atoms with E-state index in [9.17, 15) is 29.4 Å². The van der Waals surface area contributed by atoms with Crippen molar-refractivity contribution in [1.29, 1.82) is 0 Å². The zero-order valence-electron chi connectivity index (χ0n) is 15.8. The Morgan fingerprint density at radius 3 is 1.03 bits per heavy atom. The number of carboxylic acids is 4. The summed E-state index contributed by atoms with van der Waals surface area (Å²) in [5, 5.41) is 40.7. The van der Waals surface area contributed by atoms with Crippen LogP contribution in [-0.4, -0.2) is 111 Å². The van der Waals surface area contributed by atoms with Crippen LogP contribution in [-0.2, 0) is 47.6 Å². The van der Waals surface area contributed by atoms with E-state index in [1.165, 1.54) is 0 Å². The lowest BCUT2D eigenvalue weighted by molar-refractivity contribution is -0.323. The van der Waals surface area contributed by atoms with Crippen molar-refractivity contribution in [2.45, 2.75) is 24.4 Å². The van der Waals surface area contributed by atoms with Gasteiger partial charge in [-0.2, -0.15) is 0 Å². The molecule has 0 bridgehead atoms. The molecule has 4 atom stereocenters. The summed E-state index contributed by atoms with van der Waals surface area (Å²) in [5.41, 5.74) is 0. The normalized spacial score (nSPS) is 28.5. The van der Waals surface area contributed by atoms with Crippen LogP contribution in [0.4, 0.5) is 0 Å². The summed E-state index contributed by atoms with van der Waals surface area (Å²) in [7, 11) is 0. The van der Waals surface area contributed by atoms with Gasteiger partial charge in [0.25, 0.3) is 0 Å². The number of hydrogen-bond donors (Lipinski definition) is 2. The monoisotopic (exact) mass is 438 g/mol. The van der Waals surface area contributed by atoms with Crippen molar-refractivity contribution in [3.05, 3.63) is 0 Å². The fourth-order valence-corrected chi connectivity index (χ4v) is 2.27. The van der Waals surface area contributed by atoms with Gasteiger partial charge in [-0.05, 0) is 0 Å². The summed E-state index contributed by atoms with van der Waals surface area (Å²) in [6.45, 7) is -2.21. The van der Waals surface area contributed by atoms with Crippen molar-refractivity contribution < 1.29 is 68.0 Å². The summed E-state index contributed by atoms with van der Waals surface area (Å²) < 4.78 is 30.0. The van der Waals surface area contributed by atoms with E-state index >= 15 is 0 Å². The highest BCUT2D eigenvalue weighted by molar-refractivity contribution is 5.83. The molecule has 0 aliphatic carbocycles. The molecule has 0 aromatic carbocycles. The number of rotatable bonds is 4. The van der Waals surface area contributed by atoms with E-state index in [0.29, 0.717) is 0 Å². The predicted octanol–water partition coefficient (Wildman–Crippen LogP) is -4.76. The second-order valence-corrected chi connectivity index (χ2v) is 5.70. The highest BCUT2D eigenvalue weighted by atomic mass is 16.6. The van der Waals surface area contributed by atoms with Gasteiger partial charge in [0.15, 0.2) is 12.2 Å². The van der Waals surface area contributed by atoms with E-state index in [2.05, 4.69) is 0 Å². The molecule has 30 heavy (non-hydrogen) atoms. The van der Waals surface area contributed by atoms with Gasteiger partial charge in [-0.3, -0.25) is 0 Å². The Labute approximate surface area is 170 Å². The number of carboxylic acid groups (broad SMARTS) is 4. The average molecular weight is 438 g/mol. The van der Waals surface area contributed by atoms with Crippen LogP contribution in [0.5, 0.6) is 0 Å². The van der Waals surface area contributed by atoms with Crippen LogP contribution >= 0.6 is 0 Å². The average Bonchev–Trinajstić information content (AvgIpc) is 2.66. The second kappa shape index (κ2) is 13.8. The summed E-state index contributed by atoms with van der Waals surface area (Å²) in [4.78, 5) is 44.9. The van der Waals surface area contributed by atoms with Gasteiger partial charge in [-0.25, -0.2) is 9.59 Å². The third-order valence-electron chi connectivity index (χ3n) is 3.60. The zero-order valence-corrected chi connectivity index (χ0v) is 15.8. The molecule has 0 amide bonds. The van der Waals surface area contributed by atoms with Crippen LogP contribution in [0.3, 0.4) is 0 Å². The lowest BCUT2D eigenvalue weighted by Gasteiger charge is -2.26. The zero-order chi connectivity index (χ0) is 22.5. The molecule has 1 heterocycles. The molecule has 14 heteroatoms. The first-order valence-electron chi connectivity index (χ1n) is 8.75. The van der Waals surface area contributed by atoms with Crippen LogP contribution < -0.4 is 10.2 Å². The highest BCUT2D eigenvalue weighted by Gasteiger charge is 2.32. The van der Waals surface area contributed by atoms with Gasteiger partial charge in [-0.1, -0.05) is 0 Å². The molecule has 1 fully saturated rings. The number of carbonyl (C=O) groups is 4. The van der Waals surface area contributed by atoms with Crippen molar-refractivity contribution in [3.63, 3.8) is 0 Å². The summed E-state index contributed by atoms with van der Waals surface area (Å²) >= 11 is 0. The second-order valence-electron chi connectivity index (χ2n) is 5.70. The molecule has 1 aliphatic rings. The molecule has 1 aliphatic heterocycles. The van der Waals surface area contributed by atoms with Crippen molar-refractivity contribution >= 4 is 23.9 Å². The Kier molecular flexibility index (Phi) is 11.8. The summed E-state index contributed by atoms with van der Waals surface area (Å²) in [6.07, 6.45) is -7.55. The molecule has 0 radical (unpaired) electrons. The van der Waals surface area contributed by atoms with Crippen molar-refractivity contribution in [3.8, 4) is 0 Å². The largest absolute Gasteiger partial charge is 0.547 e. The maximum absolute atomic E-state index is 11.3. The third kappa shape index (κ3) is 8.98. The Hall–Kier alpha value is -2.36. The summed E-state index contributed by atoms with van der Waals surface area (Å²) in [6, 6.07) is 0. The maximum atomic E-state index is 11.3. The van der Waals surface area contributed by atoms with Gasteiger partial charge in [0.05, 0.1) is 64.8 Å². The third-order valence-corrected chi connectivity index (χ3v) is 3.60. The fraction of sp³-hybridized carbons (Fsp3) is 0.750. The molecule has 172 valence electrons. The molecular weight excluding hydrogens is 416 g/mol. The molecule has 1 rings (SSSR count). The molecule has 14 nitrogen and oxygen atoms in total. The Morgan fingerprint density at radius 2 is 0.800 bits per heavy atom. The van der Waals surface area contributed by atoms with E-state index in [0.717, 1.165) is 0 Å². The maximum Gasteiger partial charge on any atom is 0.335 e. The highest BCUT2D eigenvalue weighted by Crippen LogP contribution is 2.08. The molecule has 0 saturated carbocycles. The van der Waals surface area contributed by atoms with E-state index in [4.69, 9.17) is 38.6 Å². The van der Waals surface area contributed by atoms with E-state index < -0.39 is 48.3 Å². The molecule has 0 aromatic rings. The molecule has 1 saturated heterocycles. The Morgan fingerprint density at radius 1 is 0.533 bits per heavy atom. The van der Waals surface area contributed by atoms with Crippen molar-refractivity contribution in [2.75, 3.05) is 52.9 Å². The minimum absolute atomic E-state index is 0.204. The van der Waals surface area contributed by atoms with Gasteiger partial charge in [0.2, 0.25) is 0 Å². The minimum atomic E-state index is -1.91. The SMILES string of the molecule is O=C([O-])C1OCCOCCOC(C(=O)O)C(C(=O)[O-])OCCOCCOC1C(=O)O. The molecular formula is C16H22O14-2. The van der Waals surface area contributed by atoms with Gasteiger partial charge < -0.3 is 58.4 Å². The minimum Gasteiger partial charge on any atom is -0.547 e. The topological polar surface area (TPSA) is 210 Å². The van der Waals surface area contributed by atoms with Crippen LogP contribution in [0.15, 0.2) is 0 Å². The predicted molar refractivity (Wildman–Crippen MR) is 85.9 cm³/mol. The van der Waals surface area contributed by atoms with Crippen LogP contribution in [0.1, 0.15) is 0 Å². The number of aliphatic carboxylic acids is 4.